The van der Waals surface area contributed by atoms with Crippen molar-refractivity contribution in [2.75, 3.05) is 12.8 Å². The van der Waals surface area contributed by atoms with Gasteiger partial charge in [0.2, 0.25) is 5.91 Å². The van der Waals surface area contributed by atoms with Gasteiger partial charge in [-0.3, -0.25) is 14.2 Å². The molecule has 0 spiro atoms. The first-order valence-corrected chi connectivity index (χ1v) is 12.1. The maximum Gasteiger partial charge on any atom is 0.263 e. The Kier molecular flexibility index (Phi) is 5.68. The molecule has 0 aliphatic heterocycles. The van der Waals surface area contributed by atoms with Crippen molar-refractivity contribution in [3.63, 3.8) is 0 Å². The maximum absolute atomic E-state index is 12.9. The number of amides is 1. The SMILES string of the molecule is CN(Cc1ccsc1)C(=O)CSc1nc2scc(-c3cccs3)c2c(=O)n1C. The molecule has 4 heterocycles. The molecule has 9 heteroatoms. The zero-order valence-corrected chi connectivity index (χ0v) is 18.5. The lowest BCUT2D eigenvalue weighted by molar-refractivity contribution is -0.127. The van der Waals surface area contributed by atoms with Crippen molar-refractivity contribution in [1.82, 2.24) is 14.5 Å². The fourth-order valence-electron chi connectivity index (χ4n) is 2.78. The van der Waals surface area contributed by atoms with E-state index in [-0.39, 0.29) is 17.2 Å². The number of nitrogens with zero attached hydrogens (tertiary/aromatic N) is 3. The van der Waals surface area contributed by atoms with Crippen molar-refractivity contribution in [3.8, 4) is 10.4 Å². The number of carbonyl (C=O) groups excluding carboxylic acids is 1. The normalized spacial score (nSPS) is 11.2. The number of fused-ring (bicyclic) bond motifs is 1. The van der Waals surface area contributed by atoms with Crippen LogP contribution in [-0.4, -0.2) is 33.2 Å². The van der Waals surface area contributed by atoms with E-state index in [2.05, 4.69) is 4.98 Å². The lowest BCUT2D eigenvalue weighted by Crippen LogP contribution is -2.28. The van der Waals surface area contributed by atoms with E-state index in [9.17, 15) is 9.59 Å². The summed E-state index contributed by atoms with van der Waals surface area (Å²) in [6.45, 7) is 0.587. The van der Waals surface area contributed by atoms with Gasteiger partial charge in [0.25, 0.3) is 5.56 Å². The summed E-state index contributed by atoms with van der Waals surface area (Å²) in [5, 5.41) is 9.24. The summed E-state index contributed by atoms with van der Waals surface area (Å²) in [5.41, 5.74) is 1.99. The van der Waals surface area contributed by atoms with E-state index in [4.69, 9.17) is 0 Å². The number of carbonyl (C=O) groups is 1. The maximum atomic E-state index is 12.9. The Hall–Kier alpha value is -1.94. The van der Waals surface area contributed by atoms with Crippen LogP contribution < -0.4 is 5.56 Å². The Labute approximate surface area is 178 Å². The Bertz CT molecular complexity index is 1160. The lowest BCUT2D eigenvalue weighted by Gasteiger charge is -2.16. The molecule has 0 atom stereocenters. The highest BCUT2D eigenvalue weighted by Crippen LogP contribution is 2.34. The lowest BCUT2D eigenvalue weighted by atomic mass is 10.2. The monoisotopic (exact) mass is 447 g/mol. The fraction of sp³-hybridized carbons (Fsp3) is 0.211. The van der Waals surface area contributed by atoms with Crippen LogP contribution >= 0.6 is 45.8 Å². The van der Waals surface area contributed by atoms with E-state index >= 15 is 0 Å². The van der Waals surface area contributed by atoms with Crippen LogP contribution in [0.15, 0.2) is 49.7 Å². The summed E-state index contributed by atoms with van der Waals surface area (Å²) in [4.78, 5) is 33.5. The van der Waals surface area contributed by atoms with Gasteiger partial charge in [0, 0.05) is 36.5 Å². The summed E-state index contributed by atoms with van der Waals surface area (Å²) in [7, 11) is 3.51. The van der Waals surface area contributed by atoms with E-state index in [0.717, 1.165) is 16.0 Å². The van der Waals surface area contributed by atoms with Gasteiger partial charge in [0.1, 0.15) is 4.83 Å². The molecule has 0 aromatic carbocycles. The number of hydrogen-bond acceptors (Lipinski definition) is 7. The third kappa shape index (κ3) is 3.80. The van der Waals surface area contributed by atoms with Crippen molar-refractivity contribution >= 4 is 61.9 Å². The molecule has 0 bridgehead atoms. The quantitative estimate of drug-likeness (QED) is 0.322. The molecule has 4 rings (SSSR count). The largest absolute Gasteiger partial charge is 0.341 e. The molecular weight excluding hydrogens is 430 g/mol. The number of hydrogen-bond donors (Lipinski definition) is 0. The molecule has 0 unspecified atom stereocenters. The van der Waals surface area contributed by atoms with Crippen molar-refractivity contribution in [1.29, 1.82) is 0 Å². The molecule has 0 saturated heterocycles. The molecule has 144 valence electrons. The molecule has 4 aromatic rings. The Morgan fingerprint density at radius 2 is 2.11 bits per heavy atom. The minimum Gasteiger partial charge on any atom is -0.341 e. The number of aromatic nitrogens is 2. The molecule has 0 saturated carbocycles. The second-order valence-corrected chi connectivity index (χ2v) is 9.76. The standard InChI is InChI=1S/C19H17N3O2S4/c1-21(8-12-5-7-25-9-12)15(23)11-28-19-20-17-16(18(24)22(19)2)13(10-27-17)14-4-3-6-26-14/h3-7,9-10H,8,11H2,1-2H3. The first kappa shape index (κ1) is 19.4. The van der Waals surface area contributed by atoms with Gasteiger partial charge in [0.05, 0.1) is 11.1 Å². The average molecular weight is 448 g/mol. The van der Waals surface area contributed by atoms with Gasteiger partial charge in [-0.1, -0.05) is 17.8 Å². The van der Waals surface area contributed by atoms with Gasteiger partial charge in [0.15, 0.2) is 5.16 Å². The second kappa shape index (κ2) is 8.20. The van der Waals surface area contributed by atoms with Crippen LogP contribution in [-0.2, 0) is 18.4 Å². The highest BCUT2D eigenvalue weighted by molar-refractivity contribution is 7.99. The van der Waals surface area contributed by atoms with E-state index in [0.29, 0.717) is 21.9 Å². The van der Waals surface area contributed by atoms with E-state index in [1.807, 2.05) is 39.7 Å². The summed E-state index contributed by atoms with van der Waals surface area (Å²) >= 11 is 6.00. The van der Waals surface area contributed by atoms with E-state index < -0.39 is 0 Å². The number of thiophene rings is 3. The van der Waals surface area contributed by atoms with Gasteiger partial charge < -0.3 is 4.90 Å². The van der Waals surface area contributed by atoms with Crippen molar-refractivity contribution in [3.05, 3.63) is 55.6 Å². The second-order valence-electron chi connectivity index (χ2n) is 6.24. The van der Waals surface area contributed by atoms with Crippen LogP contribution in [0.1, 0.15) is 5.56 Å². The predicted molar refractivity (Wildman–Crippen MR) is 120 cm³/mol. The molecule has 0 fully saturated rings. The highest BCUT2D eigenvalue weighted by atomic mass is 32.2. The molecule has 1 amide bonds. The Morgan fingerprint density at radius 1 is 1.25 bits per heavy atom. The van der Waals surface area contributed by atoms with Gasteiger partial charge in [-0.25, -0.2) is 4.98 Å². The van der Waals surface area contributed by atoms with Crippen LogP contribution in [0.25, 0.3) is 20.7 Å². The Morgan fingerprint density at radius 3 is 2.82 bits per heavy atom. The highest BCUT2D eigenvalue weighted by Gasteiger charge is 2.18. The van der Waals surface area contributed by atoms with Gasteiger partial charge in [-0.2, -0.15) is 11.3 Å². The summed E-state index contributed by atoms with van der Waals surface area (Å²) < 4.78 is 1.54. The molecule has 5 nitrogen and oxygen atoms in total. The molecular formula is C19H17N3O2S4. The number of thioether (sulfide) groups is 1. The fourth-order valence-corrected chi connectivity index (χ4v) is 6.15. The van der Waals surface area contributed by atoms with Crippen LogP contribution in [0.4, 0.5) is 0 Å². The topological polar surface area (TPSA) is 55.2 Å². The molecule has 28 heavy (non-hydrogen) atoms. The van der Waals surface area contributed by atoms with Gasteiger partial charge in [-0.15, -0.1) is 22.7 Å². The van der Waals surface area contributed by atoms with Crippen LogP contribution in [0.3, 0.4) is 0 Å². The van der Waals surface area contributed by atoms with Crippen LogP contribution in [0.2, 0.25) is 0 Å². The van der Waals surface area contributed by atoms with Gasteiger partial charge in [-0.05, 0) is 33.8 Å². The van der Waals surface area contributed by atoms with Gasteiger partial charge >= 0.3 is 0 Å². The summed E-state index contributed by atoms with van der Waals surface area (Å²) in [5.74, 6) is 0.256. The summed E-state index contributed by atoms with van der Waals surface area (Å²) in [6, 6.07) is 6.00. The van der Waals surface area contributed by atoms with Crippen molar-refractivity contribution in [2.24, 2.45) is 7.05 Å². The molecule has 0 aliphatic carbocycles. The predicted octanol–water partition coefficient (Wildman–Crippen LogP) is 4.54. The van der Waals surface area contributed by atoms with E-state index in [1.54, 1.807) is 46.2 Å². The molecule has 0 N–H and O–H groups in total. The third-order valence-electron chi connectivity index (χ3n) is 4.31. The first-order chi connectivity index (χ1) is 13.5. The van der Waals surface area contributed by atoms with Crippen LogP contribution in [0, 0.1) is 0 Å². The first-order valence-electron chi connectivity index (χ1n) is 8.44. The zero-order valence-electron chi connectivity index (χ0n) is 15.2. The van der Waals surface area contributed by atoms with Crippen molar-refractivity contribution < 1.29 is 4.79 Å². The molecule has 0 radical (unpaired) electrons. The van der Waals surface area contributed by atoms with Crippen LogP contribution in [0.5, 0.6) is 0 Å². The molecule has 0 aliphatic rings. The minimum atomic E-state index is -0.0729. The third-order valence-corrected chi connectivity index (χ3v) is 7.83. The smallest absolute Gasteiger partial charge is 0.263 e. The average Bonchev–Trinajstić information content (AvgIpc) is 3.44. The van der Waals surface area contributed by atoms with Crippen molar-refractivity contribution in [2.45, 2.75) is 11.7 Å². The minimum absolute atomic E-state index is 0.0102. The zero-order chi connectivity index (χ0) is 19.7. The Balaban J connectivity index is 1.54. The number of rotatable bonds is 6. The van der Waals surface area contributed by atoms with E-state index in [1.165, 1.54) is 23.1 Å². The molecule has 4 aromatic heterocycles. The summed E-state index contributed by atoms with van der Waals surface area (Å²) in [6.07, 6.45) is 0.